The summed E-state index contributed by atoms with van der Waals surface area (Å²) < 4.78 is 0. The van der Waals surface area contributed by atoms with Crippen LogP contribution in [0.3, 0.4) is 0 Å². The number of benzene rings is 2. The molecule has 0 bridgehead atoms. The summed E-state index contributed by atoms with van der Waals surface area (Å²) in [6.45, 7) is 3.29. The first-order valence-electron chi connectivity index (χ1n) is 9.85. The SMILES string of the molecule is CC(=NNC(=O)C1CC1C(=O)NN=C(C)c1ccc([N+](=O)[O-])cc1)c1ccc([N+](=O)[O-])cc1. The van der Waals surface area contributed by atoms with Gasteiger partial charge < -0.3 is 0 Å². The Morgan fingerprint density at radius 3 is 1.39 bits per heavy atom. The Labute approximate surface area is 187 Å². The van der Waals surface area contributed by atoms with E-state index in [9.17, 15) is 29.8 Å². The summed E-state index contributed by atoms with van der Waals surface area (Å²) in [5.41, 5.74) is 6.88. The summed E-state index contributed by atoms with van der Waals surface area (Å²) in [7, 11) is 0. The van der Waals surface area contributed by atoms with E-state index < -0.39 is 33.5 Å². The van der Waals surface area contributed by atoms with Crippen LogP contribution in [0.5, 0.6) is 0 Å². The van der Waals surface area contributed by atoms with Gasteiger partial charge in [0.25, 0.3) is 11.4 Å². The second kappa shape index (κ2) is 9.77. The third kappa shape index (κ3) is 5.81. The fourth-order valence-electron chi connectivity index (χ4n) is 3.00. The number of nitrogens with zero attached hydrogens (tertiary/aromatic N) is 4. The fraction of sp³-hybridized carbons (Fsp3) is 0.238. The van der Waals surface area contributed by atoms with E-state index in [1.807, 2.05) is 0 Å². The van der Waals surface area contributed by atoms with Crippen LogP contribution in [0.1, 0.15) is 31.4 Å². The van der Waals surface area contributed by atoms with Crippen LogP contribution in [-0.2, 0) is 9.59 Å². The van der Waals surface area contributed by atoms with Crippen molar-refractivity contribution in [3.63, 3.8) is 0 Å². The van der Waals surface area contributed by atoms with Crippen molar-refractivity contribution in [3.8, 4) is 0 Å². The van der Waals surface area contributed by atoms with Crippen molar-refractivity contribution >= 4 is 34.6 Å². The number of amides is 2. The number of rotatable bonds is 8. The Balaban J connectivity index is 1.51. The zero-order valence-corrected chi connectivity index (χ0v) is 17.7. The van der Waals surface area contributed by atoms with Gasteiger partial charge in [0.05, 0.1) is 33.1 Å². The van der Waals surface area contributed by atoms with Crippen molar-refractivity contribution in [1.82, 2.24) is 10.9 Å². The number of nitro groups is 2. The van der Waals surface area contributed by atoms with E-state index in [0.717, 1.165) is 0 Å². The zero-order valence-electron chi connectivity index (χ0n) is 17.7. The smallest absolute Gasteiger partial charge is 0.269 e. The molecular weight excluding hydrogens is 432 g/mol. The fourth-order valence-corrected chi connectivity index (χ4v) is 3.00. The average molecular weight is 452 g/mol. The minimum absolute atomic E-state index is 0.0473. The lowest BCUT2D eigenvalue weighted by molar-refractivity contribution is -0.385. The maximum absolute atomic E-state index is 12.3. The molecule has 12 heteroatoms. The third-order valence-electron chi connectivity index (χ3n) is 5.12. The standard InChI is InChI=1S/C21H20N6O6/c1-12(14-3-7-16(8-4-14)26(30)31)22-24-20(28)18-11-19(18)21(29)25-23-13(2)15-5-9-17(10-6-15)27(32)33/h3-10,18-19H,11H2,1-2H3,(H,24,28)(H,25,29). The van der Waals surface area contributed by atoms with E-state index in [1.54, 1.807) is 13.8 Å². The summed E-state index contributed by atoms with van der Waals surface area (Å²) in [6.07, 6.45) is 0.357. The van der Waals surface area contributed by atoms with Crippen LogP contribution in [0.2, 0.25) is 0 Å². The highest BCUT2D eigenvalue weighted by Crippen LogP contribution is 2.38. The Morgan fingerprint density at radius 1 is 0.758 bits per heavy atom. The maximum Gasteiger partial charge on any atom is 0.269 e. The lowest BCUT2D eigenvalue weighted by Gasteiger charge is -2.04. The molecule has 2 unspecified atom stereocenters. The van der Waals surface area contributed by atoms with E-state index in [0.29, 0.717) is 29.0 Å². The Kier molecular flexibility index (Phi) is 6.86. The number of hydrazone groups is 2. The Bertz CT molecular complexity index is 1070. The highest BCUT2D eigenvalue weighted by atomic mass is 16.6. The van der Waals surface area contributed by atoms with Crippen molar-refractivity contribution in [2.45, 2.75) is 20.3 Å². The third-order valence-corrected chi connectivity index (χ3v) is 5.12. The normalized spacial score (nSPS) is 17.8. The van der Waals surface area contributed by atoms with Crippen LogP contribution in [0.25, 0.3) is 0 Å². The quantitative estimate of drug-likeness (QED) is 0.354. The number of carbonyl (C=O) groups is 2. The second-order valence-electron chi connectivity index (χ2n) is 7.40. The van der Waals surface area contributed by atoms with Gasteiger partial charge in [0.1, 0.15) is 0 Å². The molecule has 33 heavy (non-hydrogen) atoms. The number of hydrogen-bond acceptors (Lipinski definition) is 8. The molecule has 0 aliphatic heterocycles. The predicted molar refractivity (Wildman–Crippen MR) is 118 cm³/mol. The maximum atomic E-state index is 12.3. The van der Waals surface area contributed by atoms with Gasteiger partial charge >= 0.3 is 0 Å². The molecule has 170 valence electrons. The van der Waals surface area contributed by atoms with Gasteiger partial charge in [0, 0.05) is 24.3 Å². The highest BCUT2D eigenvalue weighted by Gasteiger charge is 2.48. The summed E-state index contributed by atoms with van der Waals surface area (Å²) in [5, 5.41) is 29.4. The molecule has 2 amide bonds. The number of carbonyl (C=O) groups excluding carboxylic acids is 2. The van der Waals surface area contributed by atoms with Crippen LogP contribution in [0.15, 0.2) is 58.7 Å². The van der Waals surface area contributed by atoms with Crippen molar-refractivity contribution < 1.29 is 19.4 Å². The molecule has 0 saturated heterocycles. The van der Waals surface area contributed by atoms with Gasteiger partial charge in [-0.05, 0) is 55.7 Å². The molecule has 0 aromatic heterocycles. The predicted octanol–water partition coefficient (Wildman–Crippen LogP) is 2.52. The molecule has 2 atom stereocenters. The highest BCUT2D eigenvalue weighted by molar-refractivity contribution is 6.01. The molecule has 1 fully saturated rings. The van der Waals surface area contributed by atoms with Crippen molar-refractivity contribution in [1.29, 1.82) is 0 Å². The van der Waals surface area contributed by atoms with Gasteiger partial charge in [0.2, 0.25) is 11.8 Å². The number of nitrogens with one attached hydrogen (secondary N) is 2. The van der Waals surface area contributed by atoms with Crippen LogP contribution in [-0.4, -0.2) is 33.1 Å². The molecule has 1 saturated carbocycles. The van der Waals surface area contributed by atoms with Gasteiger partial charge in [0.15, 0.2) is 0 Å². The molecule has 2 N–H and O–H groups in total. The first-order chi connectivity index (χ1) is 15.7. The van der Waals surface area contributed by atoms with Gasteiger partial charge in [-0.2, -0.15) is 10.2 Å². The summed E-state index contributed by atoms with van der Waals surface area (Å²) >= 11 is 0. The van der Waals surface area contributed by atoms with Gasteiger partial charge in [-0.3, -0.25) is 29.8 Å². The van der Waals surface area contributed by atoms with E-state index in [4.69, 9.17) is 0 Å². The number of non-ortho nitro benzene ring substituents is 2. The van der Waals surface area contributed by atoms with Crippen molar-refractivity contribution in [2.24, 2.45) is 22.0 Å². The molecule has 0 radical (unpaired) electrons. The van der Waals surface area contributed by atoms with Crippen molar-refractivity contribution in [3.05, 3.63) is 79.9 Å². The molecule has 1 aliphatic rings. The first kappa shape index (κ1) is 23.2. The number of hydrogen-bond donors (Lipinski definition) is 2. The number of nitro benzene ring substituents is 2. The second-order valence-corrected chi connectivity index (χ2v) is 7.40. The summed E-state index contributed by atoms with van der Waals surface area (Å²) in [5.74, 6) is -1.89. The summed E-state index contributed by atoms with van der Waals surface area (Å²) in [4.78, 5) is 44.9. The van der Waals surface area contributed by atoms with Gasteiger partial charge in [-0.1, -0.05) is 0 Å². The Morgan fingerprint density at radius 2 is 1.09 bits per heavy atom. The average Bonchev–Trinajstić information content (AvgIpc) is 3.62. The van der Waals surface area contributed by atoms with Gasteiger partial charge in [-0.15, -0.1) is 0 Å². The summed E-state index contributed by atoms with van der Waals surface area (Å²) in [6, 6.07) is 11.5. The first-order valence-corrected chi connectivity index (χ1v) is 9.85. The lowest BCUT2D eigenvalue weighted by Crippen LogP contribution is -2.26. The minimum Gasteiger partial charge on any atom is -0.273 e. The minimum atomic E-state index is -0.534. The van der Waals surface area contributed by atoms with Crippen LogP contribution in [0.4, 0.5) is 11.4 Å². The van der Waals surface area contributed by atoms with E-state index in [-0.39, 0.29) is 11.4 Å². The molecule has 0 heterocycles. The molecule has 2 aromatic carbocycles. The lowest BCUT2D eigenvalue weighted by atomic mass is 10.1. The molecule has 0 spiro atoms. The van der Waals surface area contributed by atoms with Crippen LogP contribution >= 0.6 is 0 Å². The van der Waals surface area contributed by atoms with E-state index in [2.05, 4.69) is 21.1 Å². The van der Waals surface area contributed by atoms with E-state index >= 15 is 0 Å². The topological polar surface area (TPSA) is 169 Å². The van der Waals surface area contributed by atoms with Crippen LogP contribution in [0, 0.1) is 32.1 Å². The zero-order chi connectivity index (χ0) is 24.1. The molecule has 2 aromatic rings. The molecular formula is C21H20N6O6. The largest absolute Gasteiger partial charge is 0.273 e. The molecule has 3 rings (SSSR count). The van der Waals surface area contributed by atoms with Gasteiger partial charge in [-0.25, -0.2) is 10.9 Å². The molecule has 12 nitrogen and oxygen atoms in total. The monoisotopic (exact) mass is 452 g/mol. The molecule has 1 aliphatic carbocycles. The van der Waals surface area contributed by atoms with Crippen molar-refractivity contribution in [2.75, 3.05) is 0 Å². The Hall–Kier alpha value is -4.48. The van der Waals surface area contributed by atoms with E-state index in [1.165, 1.54) is 48.5 Å². The van der Waals surface area contributed by atoms with Crippen LogP contribution < -0.4 is 10.9 Å².